The third-order valence-corrected chi connectivity index (χ3v) is 3.96. The maximum absolute atomic E-state index is 5.99. The van der Waals surface area contributed by atoms with Crippen LogP contribution in [-0.4, -0.2) is 0 Å². The van der Waals surface area contributed by atoms with Gasteiger partial charge in [0.05, 0.1) is 5.02 Å². The molecule has 0 aliphatic heterocycles. The summed E-state index contributed by atoms with van der Waals surface area (Å²) < 4.78 is 0.922. The Morgan fingerprint density at radius 3 is 2.87 bits per heavy atom. The van der Waals surface area contributed by atoms with Crippen molar-refractivity contribution < 1.29 is 0 Å². The van der Waals surface area contributed by atoms with E-state index < -0.39 is 0 Å². The lowest BCUT2D eigenvalue weighted by molar-refractivity contribution is 1.16. The number of benzene rings is 1. The van der Waals surface area contributed by atoms with Gasteiger partial charge < -0.3 is 5.32 Å². The number of halogens is 2. The molecule has 1 nitrogen and oxygen atoms in total. The number of hydrogen-bond donors (Lipinski definition) is 1. The summed E-state index contributed by atoms with van der Waals surface area (Å²) in [4.78, 5) is 0. The SMILES string of the molecule is Clc1cc(NCc2ccsc2)ccc1Br. The van der Waals surface area contributed by atoms with E-state index in [0.29, 0.717) is 0 Å². The molecule has 0 aliphatic carbocycles. The lowest BCUT2D eigenvalue weighted by Gasteiger charge is -2.06. The maximum atomic E-state index is 5.99. The minimum absolute atomic E-state index is 0.727. The molecule has 1 N–H and O–H groups in total. The molecule has 0 aliphatic rings. The summed E-state index contributed by atoms with van der Waals surface area (Å²) in [5.74, 6) is 0. The number of thiophene rings is 1. The van der Waals surface area contributed by atoms with E-state index in [1.165, 1.54) is 5.56 Å². The molecule has 0 saturated carbocycles. The fraction of sp³-hybridized carbons (Fsp3) is 0.0909. The monoisotopic (exact) mass is 301 g/mol. The van der Waals surface area contributed by atoms with E-state index >= 15 is 0 Å². The summed E-state index contributed by atoms with van der Waals surface area (Å²) in [6, 6.07) is 7.97. The van der Waals surface area contributed by atoms with Crippen molar-refractivity contribution in [1.82, 2.24) is 0 Å². The summed E-state index contributed by atoms with van der Waals surface area (Å²) in [6.45, 7) is 0.835. The van der Waals surface area contributed by atoms with Crippen LogP contribution in [0, 0.1) is 0 Å². The van der Waals surface area contributed by atoms with Gasteiger partial charge in [-0.2, -0.15) is 11.3 Å². The standard InChI is InChI=1S/C11H9BrClNS/c12-10-2-1-9(5-11(10)13)14-6-8-3-4-15-7-8/h1-5,7,14H,6H2. The third kappa shape index (κ3) is 2.97. The summed E-state index contributed by atoms with van der Waals surface area (Å²) in [5.41, 5.74) is 2.33. The number of hydrogen-bond acceptors (Lipinski definition) is 2. The van der Waals surface area contributed by atoms with Crippen LogP contribution >= 0.6 is 38.9 Å². The van der Waals surface area contributed by atoms with Crippen LogP contribution in [-0.2, 0) is 6.54 Å². The van der Waals surface area contributed by atoms with Crippen molar-refractivity contribution in [1.29, 1.82) is 0 Å². The van der Waals surface area contributed by atoms with Gasteiger partial charge in [-0.05, 0) is 56.5 Å². The van der Waals surface area contributed by atoms with Gasteiger partial charge in [0.15, 0.2) is 0 Å². The van der Waals surface area contributed by atoms with Gasteiger partial charge in [-0.25, -0.2) is 0 Å². The summed E-state index contributed by atoms with van der Waals surface area (Å²) in [5, 5.41) is 8.25. The average Bonchev–Trinajstić information content (AvgIpc) is 2.73. The second-order valence-electron chi connectivity index (χ2n) is 3.11. The minimum Gasteiger partial charge on any atom is -0.381 e. The second-order valence-corrected chi connectivity index (χ2v) is 5.16. The van der Waals surface area contributed by atoms with Gasteiger partial charge in [0, 0.05) is 16.7 Å². The molecule has 0 spiro atoms. The molecular weight excluding hydrogens is 294 g/mol. The Morgan fingerprint density at radius 2 is 2.20 bits per heavy atom. The van der Waals surface area contributed by atoms with Crippen LogP contribution in [0.4, 0.5) is 5.69 Å². The van der Waals surface area contributed by atoms with Crippen LogP contribution in [0.1, 0.15) is 5.56 Å². The molecule has 0 saturated heterocycles. The second kappa shape index (κ2) is 5.01. The van der Waals surface area contributed by atoms with E-state index in [9.17, 15) is 0 Å². The van der Waals surface area contributed by atoms with Crippen molar-refractivity contribution in [2.24, 2.45) is 0 Å². The summed E-state index contributed by atoms with van der Waals surface area (Å²) in [7, 11) is 0. The first kappa shape index (κ1) is 11.0. The topological polar surface area (TPSA) is 12.0 Å². The molecule has 0 radical (unpaired) electrons. The largest absolute Gasteiger partial charge is 0.381 e. The molecule has 1 aromatic carbocycles. The van der Waals surface area contributed by atoms with Crippen molar-refractivity contribution in [2.45, 2.75) is 6.54 Å². The number of nitrogens with one attached hydrogen (secondary N) is 1. The molecular formula is C11H9BrClNS. The van der Waals surface area contributed by atoms with Crippen LogP contribution in [0.15, 0.2) is 39.5 Å². The number of anilines is 1. The van der Waals surface area contributed by atoms with E-state index in [-0.39, 0.29) is 0 Å². The highest BCUT2D eigenvalue weighted by Crippen LogP contribution is 2.25. The highest BCUT2D eigenvalue weighted by atomic mass is 79.9. The predicted octanol–water partition coefficient (Wildman–Crippen LogP) is 4.78. The smallest absolute Gasteiger partial charge is 0.0568 e. The zero-order chi connectivity index (χ0) is 10.7. The Bertz CT molecular complexity index is 442. The zero-order valence-electron chi connectivity index (χ0n) is 7.84. The van der Waals surface area contributed by atoms with Crippen LogP contribution in [0.5, 0.6) is 0 Å². The molecule has 15 heavy (non-hydrogen) atoms. The third-order valence-electron chi connectivity index (χ3n) is 2.00. The van der Waals surface area contributed by atoms with Crippen molar-refractivity contribution in [3.05, 3.63) is 50.1 Å². The Balaban J connectivity index is 2.02. The molecule has 0 unspecified atom stereocenters. The fourth-order valence-electron chi connectivity index (χ4n) is 1.20. The van der Waals surface area contributed by atoms with E-state index in [2.05, 4.69) is 38.1 Å². The van der Waals surface area contributed by atoms with Crippen LogP contribution < -0.4 is 5.32 Å². The van der Waals surface area contributed by atoms with Crippen molar-refractivity contribution in [2.75, 3.05) is 5.32 Å². The van der Waals surface area contributed by atoms with Gasteiger partial charge in [-0.15, -0.1) is 0 Å². The van der Waals surface area contributed by atoms with Crippen LogP contribution in [0.3, 0.4) is 0 Å². The molecule has 0 fully saturated rings. The van der Waals surface area contributed by atoms with Gasteiger partial charge in [0.25, 0.3) is 0 Å². The Hall–Kier alpha value is -0.510. The molecule has 4 heteroatoms. The van der Waals surface area contributed by atoms with Gasteiger partial charge in [-0.1, -0.05) is 11.6 Å². The van der Waals surface area contributed by atoms with Gasteiger partial charge in [-0.3, -0.25) is 0 Å². The lowest BCUT2D eigenvalue weighted by Crippen LogP contribution is -1.97. The molecule has 1 heterocycles. The first-order chi connectivity index (χ1) is 7.25. The molecule has 0 amide bonds. The zero-order valence-corrected chi connectivity index (χ0v) is 11.0. The highest BCUT2D eigenvalue weighted by Gasteiger charge is 1.99. The van der Waals surface area contributed by atoms with Crippen molar-refractivity contribution in [3.8, 4) is 0 Å². The normalized spacial score (nSPS) is 10.3. The Kier molecular flexibility index (Phi) is 3.67. The number of rotatable bonds is 3. The minimum atomic E-state index is 0.727. The van der Waals surface area contributed by atoms with E-state index in [1.54, 1.807) is 11.3 Å². The summed E-state index contributed by atoms with van der Waals surface area (Å²) in [6.07, 6.45) is 0. The molecule has 0 atom stereocenters. The van der Waals surface area contributed by atoms with Gasteiger partial charge >= 0.3 is 0 Å². The van der Waals surface area contributed by atoms with Crippen molar-refractivity contribution >= 4 is 44.6 Å². The molecule has 78 valence electrons. The van der Waals surface area contributed by atoms with Gasteiger partial charge in [0.2, 0.25) is 0 Å². The molecule has 2 rings (SSSR count). The Labute approximate surface area is 106 Å². The molecule has 2 aromatic rings. The molecule has 0 bridgehead atoms. The van der Waals surface area contributed by atoms with Crippen LogP contribution in [0.2, 0.25) is 5.02 Å². The maximum Gasteiger partial charge on any atom is 0.0568 e. The van der Waals surface area contributed by atoms with Crippen molar-refractivity contribution in [3.63, 3.8) is 0 Å². The fourth-order valence-corrected chi connectivity index (χ4v) is 2.30. The quantitative estimate of drug-likeness (QED) is 0.860. The highest BCUT2D eigenvalue weighted by molar-refractivity contribution is 9.10. The first-order valence-corrected chi connectivity index (χ1v) is 6.57. The van der Waals surface area contributed by atoms with E-state index in [1.807, 2.05) is 18.2 Å². The lowest BCUT2D eigenvalue weighted by atomic mass is 10.3. The van der Waals surface area contributed by atoms with Gasteiger partial charge in [0.1, 0.15) is 0 Å². The van der Waals surface area contributed by atoms with Crippen LogP contribution in [0.25, 0.3) is 0 Å². The Morgan fingerprint density at radius 1 is 1.33 bits per heavy atom. The average molecular weight is 303 g/mol. The first-order valence-electron chi connectivity index (χ1n) is 4.46. The predicted molar refractivity (Wildman–Crippen MR) is 70.8 cm³/mol. The van der Waals surface area contributed by atoms with E-state index in [4.69, 9.17) is 11.6 Å². The molecule has 1 aromatic heterocycles. The summed E-state index contributed by atoms with van der Waals surface area (Å²) >= 11 is 11.1. The van der Waals surface area contributed by atoms with E-state index in [0.717, 1.165) is 21.7 Å².